The van der Waals surface area contributed by atoms with Crippen LogP contribution in [0.4, 0.5) is 0 Å². The molecule has 0 aliphatic heterocycles. The van der Waals surface area contributed by atoms with E-state index >= 15 is 0 Å². The zero-order valence-corrected chi connectivity index (χ0v) is 16.8. The van der Waals surface area contributed by atoms with Crippen LogP contribution in [-0.2, 0) is 19.8 Å². The van der Waals surface area contributed by atoms with Gasteiger partial charge < -0.3 is 5.11 Å². The van der Waals surface area contributed by atoms with Crippen molar-refractivity contribution in [2.45, 2.75) is 108 Å². The Hall–Kier alpha value is -0.700. The van der Waals surface area contributed by atoms with Crippen molar-refractivity contribution in [3.63, 3.8) is 0 Å². The second-order valence-electron chi connectivity index (χ2n) is 6.96. The van der Waals surface area contributed by atoms with Crippen LogP contribution in [0.2, 0.25) is 0 Å². The van der Waals surface area contributed by atoms with Crippen molar-refractivity contribution >= 4 is 16.1 Å². The monoisotopic (exact) mass is 396 g/mol. The van der Waals surface area contributed by atoms with Crippen molar-refractivity contribution in [2.24, 2.45) is 0 Å². The van der Waals surface area contributed by atoms with E-state index in [9.17, 15) is 22.9 Å². The largest absolute Gasteiger partial charge is 0.381 e. The molecule has 0 radical (unpaired) electrons. The van der Waals surface area contributed by atoms with Crippen molar-refractivity contribution < 1.29 is 33.0 Å². The molecule has 0 spiro atoms. The summed E-state index contributed by atoms with van der Waals surface area (Å²) in [5.74, 6) is -1.06. The normalized spacial score (nSPS) is 14.2. The van der Waals surface area contributed by atoms with Crippen molar-refractivity contribution in [3.8, 4) is 0 Å². The Morgan fingerprint density at radius 1 is 0.846 bits per heavy atom. The summed E-state index contributed by atoms with van der Waals surface area (Å²) in [5, 5.41) is 16.7. The minimum absolute atomic E-state index is 0.194. The van der Waals surface area contributed by atoms with Crippen LogP contribution in [0.15, 0.2) is 0 Å². The highest BCUT2D eigenvalue weighted by Crippen LogP contribution is 2.19. The number of hydrogen-bond acceptors (Lipinski definition) is 6. The van der Waals surface area contributed by atoms with Gasteiger partial charge >= 0.3 is 5.97 Å². The molecule has 0 saturated carbocycles. The van der Waals surface area contributed by atoms with Gasteiger partial charge in [-0.25, -0.2) is 4.79 Å². The first-order chi connectivity index (χ1) is 12.3. The predicted octanol–water partition coefficient (Wildman–Crippen LogP) is 4.10. The first-order valence-corrected chi connectivity index (χ1v) is 11.3. The Kier molecular flexibility index (Phi) is 15.0. The second-order valence-corrected chi connectivity index (χ2v) is 8.66. The lowest BCUT2D eigenvalue weighted by molar-refractivity contribution is -0.242. The van der Waals surface area contributed by atoms with E-state index in [0.29, 0.717) is 25.7 Å². The van der Waals surface area contributed by atoms with Crippen LogP contribution in [0.3, 0.4) is 0 Å². The summed E-state index contributed by atoms with van der Waals surface area (Å²) < 4.78 is 32.4. The Balaban J connectivity index is 3.87. The van der Waals surface area contributed by atoms with Crippen LogP contribution in [0, 0.1) is 0 Å². The maximum Gasteiger partial charge on any atom is 0.370 e. The second kappa shape index (κ2) is 15.4. The average molecular weight is 397 g/mol. The molecule has 3 N–H and O–H groups in total. The van der Waals surface area contributed by atoms with Gasteiger partial charge in [-0.1, -0.05) is 77.6 Å². The smallest absolute Gasteiger partial charge is 0.370 e. The standard InChI is InChI=1S/C18H36O7S/c1-2-3-4-5-6-7-10-13-16(26(22,23)24)14-11-8-9-12-15-17(19)18(20)25-21/h16-17,19,21H,2-15H2,1H3,(H,22,23,24). The van der Waals surface area contributed by atoms with E-state index in [4.69, 9.17) is 5.26 Å². The van der Waals surface area contributed by atoms with Crippen LogP contribution in [-0.4, -0.2) is 40.7 Å². The molecule has 0 fully saturated rings. The van der Waals surface area contributed by atoms with E-state index in [1.165, 1.54) is 25.7 Å². The molecular weight excluding hydrogens is 360 g/mol. The van der Waals surface area contributed by atoms with Gasteiger partial charge in [0.1, 0.15) is 0 Å². The fraction of sp³-hybridized carbons (Fsp3) is 0.944. The molecule has 0 aromatic carbocycles. The summed E-state index contributed by atoms with van der Waals surface area (Å²) in [6.07, 6.45) is 10.3. The topological polar surface area (TPSA) is 121 Å². The fourth-order valence-electron chi connectivity index (χ4n) is 3.01. The molecular formula is C18H36O7S. The zero-order chi connectivity index (χ0) is 19.8. The lowest BCUT2D eigenvalue weighted by Gasteiger charge is -2.14. The van der Waals surface area contributed by atoms with Crippen LogP contribution in [0.1, 0.15) is 96.8 Å². The molecule has 0 bridgehead atoms. The summed E-state index contributed by atoms with van der Waals surface area (Å²) >= 11 is 0. The molecule has 0 heterocycles. The van der Waals surface area contributed by atoms with Gasteiger partial charge in [-0.05, 0) is 19.3 Å². The van der Waals surface area contributed by atoms with E-state index in [2.05, 4.69) is 11.8 Å². The Bertz CT molecular complexity index is 450. The van der Waals surface area contributed by atoms with Gasteiger partial charge in [0, 0.05) is 0 Å². The summed E-state index contributed by atoms with van der Waals surface area (Å²) in [6.45, 7) is 2.17. The fourth-order valence-corrected chi connectivity index (χ4v) is 3.94. The average Bonchev–Trinajstić information content (AvgIpc) is 2.59. The SMILES string of the molecule is CCCCCCCCCC(CCCCCCC(O)C(=O)OO)S(=O)(=O)O. The lowest BCUT2D eigenvalue weighted by atomic mass is 10.0. The number of carbonyl (C=O) groups is 1. The molecule has 7 nitrogen and oxygen atoms in total. The van der Waals surface area contributed by atoms with Gasteiger partial charge in [0.05, 0.1) is 5.25 Å². The van der Waals surface area contributed by atoms with Gasteiger partial charge in [-0.2, -0.15) is 13.7 Å². The molecule has 2 atom stereocenters. The third-order valence-corrected chi connectivity index (χ3v) is 5.98. The number of hydrogen-bond donors (Lipinski definition) is 3. The molecule has 0 rings (SSSR count). The molecule has 0 amide bonds. The van der Waals surface area contributed by atoms with E-state index in [1.807, 2.05) is 0 Å². The van der Waals surface area contributed by atoms with E-state index in [1.54, 1.807) is 0 Å². The Morgan fingerprint density at radius 2 is 1.27 bits per heavy atom. The van der Waals surface area contributed by atoms with Gasteiger partial charge in [-0.3, -0.25) is 9.44 Å². The van der Waals surface area contributed by atoms with Crippen LogP contribution >= 0.6 is 0 Å². The van der Waals surface area contributed by atoms with Crippen LogP contribution < -0.4 is 0 Å². The minimum Gasteiger partial charge on any atom is -0.381 e. The Labute approximate surface area is 157 Å². The number of carbonyl (C=O) groups excluding carboxylic acids is 1. The number of aliphatic hydroxyl groups is 1. The zero-order valence-electron chi connectivity index (χ0n) is 15.9. The van der Waals surface area contributed by atoms with Crippen molar-refractivity contribution in [2.75, 3.05) is 0 Å². The van der Waals surface area contributed by atoms with Crippen molar-refractivity contribution in [3.05, 3.63) is 0 Å². The predicted molar refractivity (Wildman–Crippen MR) is 100 cm³/mol. The first kappa shape index (κ1) is 25.3. The van der Waals surface area contributed by atoms with E-state index < -0.39 is 27.4 Å². The molecule has 0 aliphatic rings. The maximum absolute atomic E-state index is 11.5. The van der Waals surface area contributed by atoms with Gasteiger partial charge in [-0.15, -0.1) is 0 Å². The van der Waals surface area contributed by atoms with E-state index in [-0.39, 0.29) is 6.42 Å². The molecule has 0 aromatic rings. The third kappa shape index (κ3) is 13.5. The van der Waals surface area contributed by atoms with Crippen LogP contribution in [0.5, 0.6) is 0 Å². The molecule has 8 heteroatoms. The molecule has 0 aliphatic carbocycles. The highest BCUT2D eigenvalue weighted by molar-refractivity contribution is 7.86. The van der Waals surface area contributed by atoms with Crippen molar-refractivity contribution in [1.82, 2.24) is 0 Å². The first-order valence-electron chi connectivity index (χ1n) is 9.82. The number of unbranched alkanes of at least 4 members (excludes halogenated alkanes) is 9. The molecule has 26 heavy (non-hydrogen) atoms. The van der Waals surface area contributed by atoms with Gasteiger partial charge in [0.25, 0.3) is 10.1 Å². The number of rotatable bonds is 17. The minimum atomic E-state index is -4.02. The Morgan fingerprint density at radius 3 is 1.69 bits per heavy atom. The lowest BCUT2D eigenvalue weighted by Crippen LogP contribution is -2.21. The quantitative estimate of drug-likeness (QED) is 0.146. The molecule has 156 valence electrons. The van der Waals surface area contributed by atoms with Gasteiger partial charge in [0.2, 0.25) is 0 Å². The summed E-state index contributed by atoms with van der Waals surface area (Å²) in [7, 11) is -4.02. The highest BCUT2D eigenvalue weighted by Gasteiger charge is 2.22. The molecule has 0 aromatic heterocycles. The molecule has 2 unspecified atom stereocenters. The highest BCUT2D eigenvalue weighted by atomic mass is 32.2. The van der Waals surface area contributed by atoms with Gasteiger partial charge in [0.15, 0.2) is 6.10 Å². The van der Waals surface area contributed by atoms with Crippen LogP contribution in [0.25, 0.3) is 0 Å². The number of aliphatic hydroxyl groups excluding tert-OH is 1. The molecule has 0 saturated heterocycles. The third-order valence-electron chi connectivity index (χ3n) is 4.67. The van der Waals surface area contributed by atoms with E-state index in [0.717, 1.165) is 32.1 Å². The summed E-state index contributed by atoms with van der Waals surface area (Å²) in [5.41, 5.74) is 0. The summed E-state index contributed by atoms with van der Waals surface area (Å²) in [4.78, 5) is 14.3. The summed E-state index contributed by atoms with van der Waals surface area (Å²) in [6, 6.07) is 0. The van der Waals surface area contributed by atoms with Crippen molar-refractivity contribution in [1.29, 1.82) is 0 Å². The maximum atomic E-state index is 11.5.